The third-order valence-electron chi connectivity index (χ3n) is 1.55. The smallest absolute Gasteiger partial charge is 0.271 e. The van der Waals surface area contributed by atoms with Gasteiger partial charge in [0.05, 0.1) is 5.69 Å². The number of nitrogens with one attached hydrogen (secondary N) is 2. The monoisotopic (exact) mass is 210 g/mol. The van der Waals surface area contributed by atoms with Crippen LogP contribution in [0, 0.1) is 12.3 Å². The molecule has 0 amide bonds. The van der Waals surface area contributed by atoms with E-state index in [9.17, 15) is 8.42 Å². The van der Waals surface area contributed by atoms with Crippen molar-refractivity contribution >= 4 is 15.9 Å². The average molecular weight is 210 g/mol. The molecule has 0 aliphatic rings. The van der Waals surface area contributed by atoms with Crippen molar-refractivity contribution in [3.63, 3.8) is 0 Å². The van der Waals surface area contributed by atoms with Gasteiger partial charge in [-0.3, -0.25) is 4.72 Å². The summed E-state index contributed by atoms with van der Waals surface area (Å²) in [6.07, 6.45) is 5.17. The van der Waals surface area contributed by atoms with E-state index < -0.39 is 10.2 Å². The fourth-order valence-electron chi connectivity index (χ4n) is 0.879. The molecule has 0 aliphatic carbocycles. The highest BCUT2D eigenvalue weighted by Gasteiger charge is 2.05. The van der Waals surface area contributed by atoms with Crippen LogP contribution in [0.1, 0.15) is 5.56 Å². The number of hydrogen-bond acceptors (Lipinski definition) is 2. The molecule has 0 unspecified atom stereocenters. The lowest BCUT2D eigenvalue weighted by atomic mass is 10.2. The SMILES string of the molecule is C#Cc1cccc(NS(=O)(=O)NC)c1. The summed E-state index contributed by atoms with van der Waals surface area (Å²) in [5, 5.41) is 0. The lowest BCUT2D eigenvalue weighted by Gasteiger charge is -2.05. The first kappa shape index (κ1) is 10.6. The van der Waals surface area contributed by atoms with E-state index >= 15 is 0 Å². The van der Waals surface area contributed by atoms with Gasteiger partial charge in [-0.2, -0.15) is 8.42 Å². The van der Waals surface area contributed by atoms with E-state index in [1.54, 1.807) is 24.3 Å². The van der Waals surface area contributed by atoms with Crippen LogP contribution in [0.2, 0.25) is 0 Å². The van der Waals surface area contributed by atoms with Crippen LogP contribution >= 0.6 is 0 Å². The molecule has 2 N–H and O–H groups in total. The predicted molar refractivity (Wildman–Crippen MR) is 56.0 cm³/mol. The standard InChI is InChI=1S/C9H10N2O2S/c1-3-8-5-4-6-9(7-8)11-14(12,13)10-2/h1,4-7,10-11H,2H3. The van der Waals surface area contributed by atoms with Gasteiger partial charge < -0.3 is 0 Å². The molecule has 1 aromatic carbocycles. The molecule has 0 radical (unpaired) electrons. The summed E-state index contributed by atoms with van der Waals surface area (Å²) in [4.78, 5) is 0. The molecular formula is C9H10N2O2S. The van der Waals surface area contributed by atoms with Crippen molar-refractivity contribution in [2.75, 3.05) is 11.8 Å². The largest absolute Gasteiger partial charge is 0.298 e. The minimum Gasteiger partial charge on any atom is -0.271 e. The van der Waals surface area contributed by atoms with Gasteiger partial charge in [-0.15, -0.1) is 6.42 Å². The lowest BCUT2D eigenvalue weighted by Crippen LogP contribution is -2.26. The molecule has 0 heterocycles. The summed E-state index contributed by atoms with van der Waals surface area (Å²) in [6, 6.07) is 6.60. The summed E-state index contributed by atoms with van der Waals surface area (Å²) in [7, 11) is -2.14. The van der Waals surface area contributed by atoms with Crippen LogP contribution in [0.3, 0.4) is 0 Å². The highest BCUT2D eigenvalue weighted by atomic mass is 32.2. The number of benzene rings is 1. The second-order valence-corrected chi connectivity index (χ2v) is 4.15. The van der Waals surface area contributed by atoms with Crippen molar-refractivity contribution in [2.24, 2.45) is 0 Å². The van der Waals surface area contributed by atoms with E-state index in [1.165, 1.54) is 7.05 Å². The van der Waals surface area contributed by atoms with Crippen molar-refractivity contribution in [1.29, 1.82) is 0 Å². The molecule has 0 saturated heterocycles. The van der Waals surface area contributed by atoms with E-state index in [4.69, 9.17) is 6.42 Å². The molecule has 0 fully saturated rings. The number of anilines is 1. The Hall–Kier alpha value is -1.51. The highest BCUT2D eigenvalue weighted by Crippen LogP contribution is 2.10. The summed E-state index contributed by atoms with van der Waals surface area (Å²) in [5.74, 6) is 2.42. The van der Waals surface area contributed by atoms with Crippen LogP contribution in [0.4, 0.5) is 5.69 Å². The van der Waals surface area contributed by atoms with Crippen molar-refractivity contribution in [3.05, 3.63) is 29.8 Å². The predicted octanol–water partition coefficient (Wildman–Crippen LogP) is 0.544. The number of hydrogen-bond donors (Lipinski definition) is 2. The average Bonchev–Trinajstić information content (AvgIpc) is 2.17. The molecular weight excluding hydrogens is 200 g/mol. The topological polar surface area (TPSA) is 58.2 Å². The van der Waals surface area contributed by atoms with Gasteiger partial charge in [0, 0.05) is 12.6 Å². The van der Waals surface area contributed by atoms with Crippen molar-refractivity contribution < 1.29 is 8.42 Å². The Morgan fingerprint density at radius 3 is 2.71 bits per heavy atom. The third-order valence-corrected chi connectivity index (χ3v) is 2.59. The molecule has 0 spiro atoms. The Morgan fingerprint density at radius 1 is 1.43 bits per heavy atom. The summed E-state index contributed by atoms with van der Waals surface area (Å²) in [5.41, 5.74) is 1.07. The molecule has 14 heavy (non-hydrogen) atoms. The first-order chi connectivity index (χ1) is 6.57. The maximum absolute atomic E-state index is 11.1. The second kappa shape index (κ2) is 4.13. The summed E-state index contributed by atoms with van der Waals surface area (Å²) in [6.45, 7) is 0. The zero-order chi connectivity index (χ0) is 10.6. The number of terminal acetylenes is 1. The highest BCUT2D eigenvalue weighted by molar-refractivity contribution is 7.90. The van der Waals surface area contributed by atoms with Crippen LogP contribution < -0.4 is 9.44 Å². The summed E-state index contributed by atoms with van der Waals surface area (Å²) >= 11 is 0. The maximum Gasteiger partial charge on any atom is 0.298 e. The fourth-order valence-corrected chi connectivity index (χ4v) is 1.42. The van der Waals surface area contributed by atoms with E-state index in [1.807, 2.05) is 0 Å². The zero-order valence-electron chi connectivity index (χ0n) is 7.61. The zero-order valence-corrected chi connectivity index (χ0v) is 8.43. The molecule has 1 aromatic rings. The maximum atomic E-state index is 11.1. The first-order valence-electron chi connectivity index (χ1n) is 3.85. The van der Waals surface area contributed by atoms with Crippen LogP contribution in [0.25, 0.3) is 0 Å². The molecule has 5 heteroatoms. The quantitative estimate of drug-likeness (QED) is 0.715. The molecule has 0 saturated carbocycles. The molecule has 0 aromatic heterocycles. The van der Waals surface area contributed by atoms with Gasteiger partial charge in [-0.05, 0) is 18.2 Å². The Morgan fingerprint density at radius 2 is 2.14 bits per heavy atom. The molecule has 74 valence electrons. The van der Waals surface area contributed by atoms with Crippen LogP contribution in [0.15, 0.2) is 24.3 Å². The molecule has 4 nitrogen and oxygen atoms in total. The van der Waals surface area contributed by atoms with E-state index in [0.29, 0.717) is 11.3 Å². The Bertz CT molecular complexity index is 460. The fraction of sp³-hybridized carbons (Fsp3) is 0.111. The van der Waals surface area contributed by atoms with Crippen molar-refractivity contribution in [1.82, 2.24) is 4.72 Å². The van der Waals surface area contributed by atoms with Crippen LogP contribution in [-0.2, 0) is 10.2 Å². The Balaban J connectivity index is 2.94. The van der Waals surface area contributed by atoms with E-state index in [0.717, 1.165) is 0 Å². The summed E-state index contributed by atoms with van der Waals surface area (Å²) < 4.78 is 26.6. The van der Waals surface area contributed by atoms with Crippen molar-refractivity contribution in [2.45, 2.75) is 0 Å². The van der Waals surface area contributed by atoms with Gasteiger partial charge in [-0.1, -0.05) is 12.0 Å². The van der Waals surface area contributed by atoms with E-state index in [2.05, 4.69) is 15.4 Å². The van der Waals surface area contributed by atoms with Gasteiger partial charge in [0.2, 0.25) is 0 Å². The number of rotatable bonds is 3. The molecule has 1 rings (SSSR count). The Kier molecular flexibility index (Phi) is 3.12. The van der Waals surface area contributed by atoms with Crippen LogP contribution in [0.5, 0.6) is 0 Å². The minimum atomic E-state index is -3.47. The molecule has 0 aliphatic heterocycles. The molecule has 0 bridgehead atoms. The van der Waals surface area contributed by atoms with Gasteiger partial charge in [0.15, 0.2) is 0 Å². The third kappa shape index (κ3) is 2.76. The first-order valence-corrected chi connectivity index (χ1v) is 5.33. The second-order valence-electron chi connectivity index (χ2n) is 2.53. The van der Waals surface area contributed by atoms with Gasteiger partial charge >= 0.3 is 0 Å². The van der Waals surface area contributed by atoms with Gasteiger partial charge in [0.1, 0.15) is 0 Å². The van der Waals surface area contributed by atoms with E-state index in [-0.39, 0.29) is 0 Å². The lowest BCUT2D eigenvalue weighted by molar-refractivity contribution is 0.593. The van der Waals surface area contributed by atoms with Gasteiger partial charge in [0.25, 0.3) is 10.2 Å². The normalized spacial score (nSPS) is 10.6. The van der Waals surface area contributed by atoms with Gasteiger partial charge in [-0.25, -0.2) is 4.72 Å². The Labute approximate surface area is 83.5 Å². The minimum absolute atomic E-state index is 0.440. The van der Waals surface area contributed by atoms with Crippen molar-refractivity contribution in [3.8, 4) is 12.3 Å². The van der Waals surface area contributed by atoms with Crippen LogP contribution in [-0.4, -0.2) is 15.5 Å². The molecule has 0 atom stereocenters.